The van der Waals surface area contributed by atoms with Gasteiger partial charge in [-0.05, 0) is 43.7 Å². The van der Waals surface area contributed by atoms with Crippen molar-refractivity contribution in [2.45, 2.75) is 19.5 Å². The Morgan fingerprint density at radius 2 is 1.88 bits per heavy atom. The number of amides is 1. The minimum absolute atomic E-state index is 0.00911. The van der Waals surface area contributed by atoms with Crippen LogP contribution in [0.5, 0.6) is 0 Å². The average Bonchev–Trinajstić information content (AvgIpc) is 3.45. The van der Waals surface area contributed by atoms with Crippen molar-refractivity contribution in [2.24, 2.45) is 0 Å². The van der Waals surface area contributed by atoms with Gasteiger partial charge in [0.1, 0.15) is 5.56 Å². The van der Waals surface area contributed by atoms with Crippen molar-refractivity contribution < 1.29 is 26.4 Å². The summed E-state index contributed by atoms with van der Waals surface area (Å²) >= 11 is 0. The smallest absolute Gasteiger partial charge is 0.352 e. The molecule has 2 aromatic heterocycles. The van der Waals surface area contributed by atoms with Gasteiger partial charge in [0.2, 0.25) is 10.0 Å². The molecule has 0 radical (unpaired) electrons. The molecule has 8 nitrogen and oxygen atoms in total. The summed E-state index contributed by atoms with van der Waals surface area (Å²) in [6.07, 6.45) is 0.473. The van der Waals surface area contributed by atoms with Crippen molar-refractivity contribution in [3.8, 4) is 11.5 Å². The first-order valence-electron chi connectivity index (χ1n) is 10.2. The van der Waals surface area contributed by atoms with Gasteiger partial charge in [-0.2, -0.15) is 18.3 Å². The third-order valence-electron chi connectivity index (χ3n) is 5.03. The van der Waals surface area contributed by atoms with Gasteiger partial charge in [0, 0.05) is 32.5 Å². The molecular formula is C21H24F3N5O3S. The summed E-state index contributed by atoms with van der Waals surface area (Å²) in [7, 11) is -1.83. The van der Waals surface area contributed by atoms with Crippen molar-refractivity contribution in [1.29, 1.82) is 0 Å². The number of hydrogen-bond acceptors (Lipinski definition) is 4. The third-order valence-corrected chi connectivity index (χ3v) is 6.89. The molecule has 0 unspecified atom stereocenters. The van der Waals surface area contributed by atoms with Gasteiger partial charge in [-0.3, -0.25) is 4.79 Å². The first kappa shape index (κ1) is 24.5. The van der Waals surface area contributed by atoms with Crippen molar-refractivity contribution in [2.75, 3.05) is 25.9 Å². The molecule has 33 heavy (non-hydrogen) atoms. The second kappa shape index (κ2) is 9.79. The van der Waals surface area contributed by atoms with Gasteiger partial charge in [0.05, 0.1) is 23.2 Å². The molecule has 0 atom stereocenters. The van der Waals surface area contributed by atoms with Crippen molar-refractivity contribution in [3.63, 3.8) is 0 Å². The molecule has 1 aromatic carbocycles. The van der Waals surface area contributed by atoms with Gasteiger partial charge in [-0.1, -0.05) is 6.07 Å². The van der Waals surface area contributed by atoms with E-state index in [4.69, 9.17) is 0 Å². The predicted octanol–water partition coefficient (Wildman–Crippen LogP) is 3.08. The van der Waals surface area contributed by atoms with Crippen LogP contribution in [0.3, 0.4) is 0 Å². The van der Waals surface area contributed by atoms with Gasteiger partial charge in [0.25, 0.3) is 5.91 Å². The van der Waals surface area contributed by atoms with E-state index in [0.29, 0.717) is 6.42 Å². The van der Waals surface area contributed by atoms with Gasteiger partial charge in [-0.15, -0.1) is 0 Å². The van der Waals surface area contributed by atoms with Gasteiger partial charge < -0.3 is 9.88 Å². The average molecular weight is 484 g/mol. The Balaban J connectivity index is 1.83. The van der Waals surface area contributed by atoms with E-state index in [9.17, 15) is 26.4 Å². The van der Waals surface area contributed by atoms with E-state index in [1.807, 2.05) is 0 Å². The molecule has 0 aliphatic heterocycles. The molecule has 1 N–H and O–H groups in total. The molecule has 0 spiro atoms. The number of sulfonamides is 1. The van der Waals surface area contributed by atoms with Crippen LogP contribution in [0.25, 0.3) is 11.5 Å². The Morgan fingerprint density at radius 3 is 2.52 bits per heavy atom. The first-order chi connectivity index (χ1) is 15.5. The Kier molecular flexibility index (Phi) is 7.28. The molecule has 0 aliphatic rings. The van der Waals surface area contributed by atoms with Crippen LogP contribution in [-0.2, 0) is 16.2 Å². The summed E-state index contributed by atoms with van der Waals surface area (Å²) < 4.78 is 67.2. The number of benzene rings is 1. The molecule has 0 bridgehead atoms. The number of carbonyl (C=O) groups is 1. The van der Waals surface area contributed by atoms with E-state index >= 15 is 0 Å². The van der Waals surface area contributed by atoms with Crippen LogP contribution in [0.15, 0.2) is 55.0 Å². The zero-order chi connectivity index (χ0) is 24.2. The largest absolute Gasteiger partial charge is 0.416 e. The number of nitrogens with zero attached hydrogens (tertiary/aromatic N) is 4. The topological polar surface area (TPSA) is 89.2 Å². The lowest BCUT2D eigenvalue weighted by Gasteiger charge is -2.16. The molecule has 0 saturated heterocycles. The van der Waals surface area contributed by atoms with Crippen molar-refractivity contribution in [1.82, 2.24) is 24.0 Å². The Labute approximate surface area is 189 Å². The highest BCUT2D eigenvalue weighted by Crippen LogP contribution is 2.31. The highest BCUT2D eigenvalue weighted by atomic mass is 32.2. The predicted molar refractivity (Wildman–Crippen MR) is 117 cm³/mol. The molecule has 3 aromatic rings. The molecule has 0 saturated carbocycles. The zero-order valence-corrected chi connectivity index (χ0v) is 18.9. The summed E-state index contributed by atoms with van der Waals surface area (Å²) in [6.45, 7) is 2.01. The fourth-order valence-electron chi connectivity index (χ4n) is 3.19. The number of hydrogen-bond donors (Lipinski definition) is 1. The van der Waals surface area contributed by atoms with Gasteiger partial charge in [-0.25, -0.2) is 17.4 Å². The molecule has 0 fully saturated rings. The number of aromatic nitrogens is 3. The second-order valence-corrected chi connectivity index (χ2v) is 9.63. The number of nitrogens with one attached hydrogen (secondary N) is 1. The quantitative estimate of drug-likeness (QED) is 0.474. The second-order valence-electron chi connectivity index (χ2n) is 7.26. The fraction of sp³-hybridized carbons (Fsp3) is 0.333. The van der Waals surface area contributed by atoms with E-state index in [0.717, 1.165) is 12.1 Å². The summed E-state index contributed by atoms with van der Waals surface area (Å²) in [6, 6.07) is 8.11. The number of halogens is 3. The van der Waals surface area contributed by atoms with E-state index in [1.165, 1.54) is 34.4 Å². The monoisotopic (exact) mass is 483 g/mol. The minimum Gasteiger partial charge on any atom is -0.352 e. The van der Waals surface area contributed by atoms with Crippen molar-refractivity contribution >= 4 is 15.9 Å². The van der Waals surface area contributed by atoms with Crippen LogP contribution in [0.2, 0.25) is 0 Å². The number of rotatable bonds is 9. The molecule has 1 amide bonds. The van der Waals surface area contributed by atoms with E-state index < -0.39 is 27.7 Å². The zero-order valence-electron chi connectivity index (χ0n) is 18.1. The molecule has 178 valence electrons. The first-order valence-corrected chi connectivity index (χ1v) is 11.8. The normalized spacial score (nSPS) is 12.3. The summed E-state index contributed by atoms with van der Waals surface area (Å²) in [5.74, 6) is -0.203. The lowest BCUT2D eigenvalue weighted by atomic mass is 10.2. The SMILES string of the molecule is CCS(=O)(=O)N(C)CCCNC(=O)c1cnn(-c2cccc(C(F)(F)F)c2)c1-n1cccc1. The molecular weight excluding hydrogens is 459 g/mol. The van der Waals surface area contributed by atoms with Crippen LogP contribution in [0.1, 0.15) is 29.3 Å². The Hall–Kier alpha value is -3.12. The molecule has 12 heteroatoms. The number of alkyl halides is 3. The Bertz CT molecular complexity index is 1200. The van der Waals surface area contributed by atoms with Crippen LogP contribution in [0, 0.1) is 0 Å². The van der Waals surface area contributed by atoms with E-state index in [1.54, 1.807) is 36.0 Å². The minimum atomic E-state index is -4.52. The summed E-state index contributed by atoms with van der Waals surface area (Å²) in [4.78, 5) is 12.8. The third kappa shape index (κ3) is 5.63. The maximum absolute atomic E-state index is 13.2. The highest BCUT2D eigenvalue weighted by Gasteiger charge is 2.31. The van der Waals surface area contributed by atoms with Crippen LogP contribution >= 0.6 is 0 Å². The maximum Gasteiger partial charge on any atom is 0.416 e. The molecule has 2 heterocycles. The lowest BCUT2D eigenvalue weighted by molar-refractivity contribution is -0.137. The fourth-order valence-corrected chi connectivity index (χ4v) is 4.04. The maximum atomic E-state index is 13.2. The molecule has 0 aliphatic carbocycles. The highest BCUT2D eigenvalue weighted by molar-refractivity contribution is 7.89. The number of carbonyl (C=O) groups excluding carboxylic acids is 1. The van der Waals surface area contributed by atoms with Crippen LogP contribution < -0.4 is 5.32 Å². The van der Waals surface area contributed by atoms with Crippen molar-refractivity contribution in [3.05, 3.63) is 66.1 Å². The van der Waals surface area contributed by atoms with Gasteiger partial charge in [0.15, 0.2) is 5.82 Å². The summed E-state index contributed by atoms with van der Waals surface area (Å²) in [5, 5.41) is 6.89. The molecule has 3 rings (SSSR count). The Morgan fingerprint density at radius 1 is 1.18 bits per heavy atom. The van der Waals surface area contributed by atoms with E-state index in [-0.39, 0.29) is 35.9 Å². The lowest BCUT2D eigenvalue weighted by Crippen LogP contribution is -2.32. The van der Waals surface area contributed by atoms with Crippen LogP contribution in [-0.4, -0.2) is 58.9 Å². The standard InChI is InChI=1S/C21H24F3N5O3S/c1-3-33(31,32)27(2)11-7-10-25-19(30)18-15-26-29(20(18)28-12-4-5-13-28)17-9-6-8-16(14-17)21(22,23)24/h4-6,8-9,12-15H,3,7,10-11H2,1-2H3,(H,25,30). The summed E-state index contributed by atoms with van der Waals surface area (Å²) in [5.41, 5.74) is -0.511. The van der Waals surface area contributed by atoms with E-state index in [2.05, 4.69) is 10.4 Å². The van der Waals surface area contributed by atoms with Crippen LogP contribution in [0.4, 0.5) is 13.2 Å². The van der Waals surface area contributed by atoms with Gasteiger partial charge >= 0.3 is 6.18 Å².